The Labute approximate surface area is 201 Å². The first-order valence-corrected chi connectivity index (χ1v) is 11.7. The van der Waals surface area contributed by atoms with Crippen LogP contribution in [0.3, 0.4) is 0 Å². The van der Waals surface area contributed by atoms with Gasteiger partial charge in [0.1, 0.15) is 11.2 Å². The molecular weight excluding hydrogens is 450 g/mol. The van der Waals surface area contributed by atoms with Crippen LogP contribution in [0, 0.1) is 6.92 Å². The molecule has 2 heterocycles. The topological polar surface area (TPSA) is 82.5 Å². The molecule has 7 nitrogen and oxygen atoms in total. The normalized spacial score (nSPS) is 11.1. The summed E-state index contributed by atoms with van der Waals surface area (Å²) in [5.41, 5.74) is 4.81. The van der Waals surface area contributed by atoms with Gasteiger partial charge in [-0.3, -0.25) is 15.0 Å². The second-order valence-electron chi connectivity index (χ2n) is 7.57. The molecule has 0 unspecified atom stereocenters. The van der Waals surface area contributed by atoms with Crippen molar-refractivity contribution in [2.45, 2.75) is 20.3 Å². The van der Waals surface area contributed by atoms with Gasteiger partial charge in [-0.15, -0.1) is 11.3 Å². The van der Waals surface area contributed by atoms with Gasteiger partial charge in [-0.1, -0.05) is 43.3 Å². The average molecular weight is 476 g/mol. The molecule has 0 fully saturated rings. The van der Waals surface area contributed by atoms with E-state index in [-0.39, 0.29) is 5.56 Å². The Kier molecular flexibility index (Phi) is 7.08. The van der Waals surface area contributed by atoms with Crippen LogP contribution in [0.2, 0.25) is 0 Å². The van der Waals surface area contributed by atoms with Gasteiger partial charge in [0.05, 0.1) is 19.1 Å². The number of thiophene rings is 1. The van der Waals surface area contributed by atoms with Crippen molar-refractivity contribution >= 4 is 33.5 Å². The van der Waals surface area contributed by atoms with E-state index in [0.717, 1.165) is 32.7 Å². The zero-order valence-corrected chi connectivity index (χ0v) is 20.0. The highest BCUT2D eigenvalue weighted by molar-refractivity contribution is 7.19. The van der Waals surface area contributed by atoms with Gasteiger partial charge in [-0.25, -0.2) is 9.66 Å². The third-order valence-corrected chi connectivity index (χ3v) is 6.17. The summed E-state index contributed by atoms with van der Waals surface area (Å²) in [6.45, 7) is 4.59. The maximum Gasteiger partial charge on any atom is 0.281 e. The van der Waals surface area contributed by atoms with Crippen LogP contribution in [0.5, 0.6) is 11.5 Å². The van der Waals surface area contributed by atoms with Crippen LogP contribution in [0.25, 0.3) is 27.4 Å². The molecule has 174 valence electrons. The lowest BCUT2D eigenvalue weighted by Gasteiger charge is -2.10. The third kappa shape index (κ3) is 4.87. The quantitative estimate of drug-likeness (QED) is 0.362. The Balaban J connectivity index is 1.57. The summed E-state index contributed by atoms with van der Waals surface area (Å²) in [5, 5.41) is 0.493. The average Bonchev–Trinajstić information content (AvgIpc) is 3.20. The van der Waals surface area contributed by atoms with Gasteiger partial charge < -0.3 is 9.47 Å². The van der Waals surface area contributed by atoms with Crippen molar-refractivity contribution in [1.82, 2.24) is 9.66 Å². The fourth-order valence-corrected chi connectivity index (χ4v) is 4.58. The zero-order valence-electron chi connectivity index (χ0n) is 19.2. The maximum absolute atomic E-state index is 13.2. The number of nitrogens with one attached hydrogen (secondary N) is 1. The highest BCUT2D eigenvalue weighted by Gasteiger charge is 2.17. The first-order valence-electron chi connectivity index (χ1n) is 10.9. The van der Waals surface area contributed by atoms with Crippen LogP contribution in [-0.4, -0.2) is 29.3 Å². The van der Waals surface area contributed by atoms with Crippen molar-refractivity contribution in [3.63, 3.8) is 0 Å². The molecule has 0 saturated heterocycles. The van der Waals surface area contributed by atoms with Gasteiger partial charge in [-0.05, 0) is 42.7 Å². The van der Waals surface area contributed by atoms with Crippen molar-refractivity contribution in [3.8, 4) is 22.6 Å². The molecule has 0 aliphatic rings. The standard InChI is InChI=1S/C26H25N3O4S/c1-4-14-33-20-12-10-18(15-21(20)32-3)11-13-22(30)28-29-16-27-25-24(26(29)31)23(17(2)34-25)19-8-6-5-7-9-19/h5-13,15-16H,4,14H2,1-3H3,(H,28,30)/b13-11+. The number of amides is 1. The molecule has 0 atom stereocenters. The molecule has 34 heavy (non-hydrogen) atoms. The number of carbonyl (C=O) groups is 1. The third-order valence-electron chi connectivity index (χ3n) is 5.16. The number of hydrogen-bond donors (Lipinski definition) is 1. The van der Waals surface area contributed by atoms with Crippen LogP contribution >= 0.6 is 11.3 Å². The van der Waals surface area contributed by atoms with Gasteiger partial charge in [0.2, 0.25) is 0 Å². The van der Waals surface area contributed by atoms with E-state index in [2.05, 4.69) is 10.4 Å². The van der Waals surface area contributed by atoms with Crippen molar-refractivity contribution in [1.29, 1.82) is 0 Å². The summed E-state index contributed by atoms with van der Waals surface area (Å²) in [6.07, 6.45) is 5.23. The summed E-state index contributed by atoms with van der Waals surface area (Å²) < 4.78 is 12.2. The molecule has 0 bridgehead atoms. The maximum atomic E-state index is 13.2. The van der Waals surface area contributed by atoms with Gasteiger partial charge in [-0.2, -0.15) is 0 Å². The smallest absolute Gasteiger partial charge is 0.281 e. The van der Waals surface area contributed by atoms with Crippen LogP contribution in [0.15, 0.2) is 65.7 Å². The second kappa shape index (κ2) is 10.4. The molecule has 1 N–H and O–H groups in total. The van der Waals surface area contributed by atoms with Gasteiger partial charge >= 0.3 is 0 Å². The monoisotopic (exact) mass is 475 g/mol. The summed E-state index contributed by atoms with van der Waals surface area (Å²) in [7, 11) is 1.57. The molecule has 8 heteroatoms. The van der Waals surface area contributed by atoms with E-state index in [1.165, 1.54) is 23.7 Å². The Morgan fingerprint density at radius 2 is 1.97 bits per heavy atom. The molecule has 2 aromatic carbocycles. The number of carbonyl (C=O) groups excluding carboxylic acids is 1. The predicted molar refractivity (Wildman–Crippen MR) is 136 cm³/mol. The number of aromatic nitrogens is 2. The minimum absolute atomic E-state index is 0.325. The van der Waals surface area contributed by atoms with E-state index in [4.69, 9.17) is 9.47 Å². The number of rotatable bonds is 8. The minimum atomic E-state index is -0.457. The SMILES string of the molecule is CCCOc1ccc(/C=C/C(=O)Nn2cnc3sc(C)c(-c4ccccc4)c3c2=O)cc1OC. The molecule has 0 aliphatic carbocycles. The summed E-state index contributed by atoms with van der Waals surface area (Å²) in [4.78, 5) is 31.8. The van der Waals surface area contributed by atoms with Crippen molar-refractivity contribution in [3.05, 3.63) is 81.7 Å². The predicted octanol–water partition coefficient (Wildman–Crippen LogP) is 5.01. The van der Waals surface area contributed by atoms with Gasteiger partial charge in [0.15, 0.2) is 11.5 Å². The first-order chi connectivity index (χ1) is 16.5. The molecule has 0 spiro atoms. The number of aryl methyl sites for hydroxylation is 1. The molecule has 0 aliphatic heterocycles. The van der Waals surface area contributed by atoms with Crippen LogP contribution < -0.4 is 20.5 Å². The van der Waals surface area contributed by atoms with Crippen molar-refractivity contribution < 1.29 is 14.3 Å². The van der Waals surface area contributed by atoms with Gasteiger partial charge in [0.25, 0.3) is 11.5 Å². The zero-order chi connectivity index (χ0) is 24.1. The van der Waals surface area contributed by atoms with Gasteiger partial charge in [0, 0.05) is 16.5 Å². The molecule has 2 aromatic heterocycles. The number of methoxy groups -OCH3 is 1. The van der Waals surface area contributed by atoms with E-state index >= 15 is 0 Å². The Morgan fingerprint density at radius 1 is 1.18 bits per heavy atom. The van der Waals surface area contributed by atoms with Crippen molar-refractivity contribution in [2.75, 3.05) is 19.1 Å². The second-order valence-corrected chi connectivity index (χ2v) is 8.77. The number of hydrogen-bond acceptors (Lipinski definition) is 6. The number of fused-ring (bicyclic) bond motifs is 1. The molecule has 0 saturated carbocycles. The number of ether oxygens (including phenoxy) is 2. The molecule has 1 amide bonds. The Hall–Kier alpha value is -3.91. The van der Waals surface area contributed by atoms with E-state index in [1.807, 2.05) is 50.2 Å². The van der Waals surface area contributed by atoms with Crippen LogP contribution in [0.4, 0.5) is 0 Å². The lowest BCUT2D eigenvalue weighted by Crippen LogP contribution is -2.32. The molecule has 4 rings (SSSR count). The van der Waals surface area contributed by atoms with Crippen LogP contribution in [-0.2, 0) is 4.79 Å². The lowest BCUT2D eigenvalue weighted by atomic mass is 10.0. The largest absolute Gasteiger partial charge is 0.493 e. The first kappa shape index (κ1) is 23.3. The molecule has 0 radical (unpaired) electrons. The minimum Gasteiger partial charge on any atom is -0.493 e. The van der Waals surface area contributed by atoms with E-state index in [9.17, 15) is 9.59 Å². The Morgan fingerprint density at radius 3 is 2.71 bits per heavy atom. The van der Waals surface area contributed by atoms with Crippen LogP contribution in [0.1, 0.15) is 23.8 Å². The number of benzene rings is 2. The summed E-state index contributed by atoms with van der Waals surface area (Å²) >= 11 is 1.46. The summed E-state index contributed by atoms with van der Waals surface area (Å²) in [5.74, 6) is 0.780. The van der Waals surface area contributed by atoms with Crippen molar-refractivity contribution in [2.24, 2.45) is 0 Å². The Bertz CT molecular complexity index is 1410. The summed E-state index contributed by atoms with van der Waals surface area (Å²) in [6, 6.07) is 15.1. The lowest BCUT2D eigenvalue weighted by molar-refractivity contribution is -0.112. The fraction of sp³-hybridized carbons (Fsp3) is 0.192. The fourth-order valence-electron chi connectivity index (χ4n) is 3.58. The van der Waals surface area contributed by atoms with E-state index < -0.39 is 5.91 Å². The van der Waals surface area contributed by atoms with E-state index in [1.54, 1.807) is 25.3 Å². The highest BCUT2D eigenvalue weighted by atomic mass is 32.1. The molecular formula is C26H25N3O4S. The number of nitrogens with zero attached hydrogens (tertiary/aromatic N) is 2. The highest BCUT2D eigenvalue weighted by Crippen LogP contribution is 2.35. The molecule has 4 aromatic rings. The van der Waals surface area contributed by atoms with E-state index in [0.29, 0.717) is 28.3 Å².